The van der Waals surface area contributed by atoms with Gasteiger partial charge in [0.2, 0.25) is 5.91 Å². The average molecular weight is 574 g/mol. The zero-order chi connectivity index (χ0) is 29.3. The molecule has 3 rings (SSSR count). The molecular formula is C29H33F2N3O5S. The van der Waals surface area contributed by atoms with Gasteiger partial charge in [-0.15, -0.1) is 0 Å². The molecule has 2 N–H and O–H groups in total. The van der Waals surface area contributed by atoms with Crippen molar-refractivity contribution in [1.82, 2.24) is 10.2 Å². The normalized spacial score (nSPS) is 12.1. The first kappa shape index (κ1) is 30.6. The number of halogens is 2. The summed E-state index contributed by atoms with van der Waals surface area (Å²) in [5.41, 5.74) is 0.843. The summed E-state index contributed by atoms with van der Waals surface area (Å²) in [4.78, 5) is 27.3. The zero-order valence-corrected chi connectivity index (χ0v) is 23.4. The van der Waals surface area contributed by atoms with E-state index in [0.29, 0.717) is 18.0 Å². The third kappa shape index (κ3) is 9.04. The Morgan fingerprint density at radius 1 is 0.875 bits per heavy atom. The highest BCUT2D eigenvalue weighted by molar-refractivity contribution is 7.92. The summed E-state index contributed by atoms with van der Waals surface area (Å²) >= 11 is 0. The fourth-order valence-corrected chi connectivity index (χ4v) is 4.73. The molecule has 0 fully saturated rings. The Labute approximate surface area is 233 Å². The Morgan fingerprint density at radius 2 is 1.45 bits per heavy atom. The minimum atomic E-state index is -3.93. The van der Waals surface area contributed by atoms with Crippen LogP contribution < -0.4 is 14.8 Å². The number of nitrogens with one attached hydrogen (secondary N) is 2. The van der Waals surface area contributed by atoms with Gasteiger partial charge in [0.25, 0.3) is 15.9 Å². The quantitative estimate of drug-likeness (QED) is 0.308. The number of nitrogens with zero attached hydrogens (tertiary/aromatic N) is 1. The van der Waals surface area contributed by atoms with E-state index in [1.807, 2.05) is 13.8 Å². The van der Waals surface area contributed by atoms with Crippen molar-refractivity contribution in [2.75, 3.05) is 17.9 Å². The van der Waals surface area contributed by atoms with Crippen molar-refractivity contribution in [1.29, 1.82) is 0 Å². The monoisotopic (exact) mass is 573 g/mol. The first-order valence-corrected chi connectivity index (χ1v) is 14.3. The molecule has 8 nitrogen and oxygen atoms in total. The highest BCUT2D eigenvalue weighted by Gasteiger charge is 2.26. The lowest BCUT2D eigenvalue weighted by atomic mass is 10.1. The molecule has 0 bridgehead atoms. The minimum absolute atomic E-state index is 0.0554. The van der Waals surface area contributed by atoms with Gasteiger partial charge in [-0.2, -0.15) is 0 Å². The van der Waals surface area contributed by atoms with Gasteiger partial charge < -0.3 is 15.0 Å². The molecule has 0 unspecified atom stereocenters. The van der Waals surface area contributed by atoms with E-state index < -0.39 is 40.2 Å². The number of sulfonamides is 1. The van der Waals surface area contributed by atoms with Crippen LogP contribution >= 0.6 is 0 Å². The maximum absolute atomic E-state index is 13.4. The number of carbonyl (C=O) groups is 2. The number of anilines is 1. The van der Waals surface area contributed by atoms with Crippen molar-refractivity contribution < 1.29 is 31.5 Å². The van der Waals surface area contributed by atoms with Gasteiger partial charge in [0.15, 0.2) is 6.61 Å². The third-order valence-corrected chi connectivity index (χ3v) is 7.44. The summed E-state index contributed by atoms with van der Waals surface area (Å²) in [6.45, 7) is 5.82. The van der Waals surface area contributed by atoms with E-state index >= 15 is 0 Å². The van der Waals surface area contributed by atoms with E-state index in [0.717, 1.165) is 18.6 Å². The summed E-state index contributed by atoms with van der Waals surface area (Å²) in [5.74, 6) is -1.06. The number of amides is 2. The molecule has 11 heteroatoms. The minimum Gasteiger partial charge on any atom is -0.484 e. The largest absolute Gasteiger partial charge is 0.484 e. The molecule has 0 spiro atoms. The SMILES string of the molecule is CC(C)CCNC(=O)[C@H](C)N(Cc1ccc(F)cc1)C(=O)COc1ccc(S(=O)(=O)Nc2ccc(F)cc2)cc1. The van der Waals surface area contributed by atoms with Gasteiger partial charge in [0.1, 0.15) is 23.4 Å². The van der Waals surface area contributed by atoms with Gasteiger partial charge >= 0.3 is 0 Å². The van der Waals surface area contributed by atoms with E-state index in [-0.39, 0.29) is 28.8 Å². The van der Waals surface area contributed by atoms with Crippen LogP contribution in [-0.2, 0) is 26.2 Å². The number of benzene rings is 3. The van der Waals surface area contributed by atoms with E-state index in [1.165, 1.54) is 53.4 Å². The second-order valence-corrected chi connectivity index (χ2v) is 11.4. The highest BCUT2D eigenvalue weighted by atomic mass is 32.2. The van der Waals surface area contributed by atoms with Crippen molar-refractivity contribution in [3.63, 3.8) is 0 Å². The van der Waals surface area contributed by atoms with Crippen LogP contribution in [0.25, 0.3) is 0 Å². The van der Waals surface area contributed by atoms with Crippen molar-refractivity contribution in [2.24, 2.45) is 5.92 Å². The lowest BCUT2D eigenvalue weighted by Crippen LogP contribution is -2.49. The van der Waals surface area contributed by atoms with Gasteiger partial charge in [0, 0.05) is 18.8 Å². The summed E-state index contributed by atoms with van der Waals surface area (Å²) in [6, 6.07) is 15.1. The molecule has 2 amide bonds. The fraction of sp³-hybridized carbons (Fsp3) is 0.310. The van der Waals surface area contributed by atoms with Crippen LogP contribution in [0.4, 0.5) is 14.5 Å². The lowest BCUT2D eigenvalue weighted by Gasteiger charge is -2.29. The predicted octanol–water partition coefficient (Wildman–Crippen LogP) is 4.72. The third-order valence-electron chi connectivity index (χ3n) is 6.05. The number of rotatable bonds is 13. The number of ether oxygens (including phenoxy) is 1. The Kier molecular flexibility index (Phi) is 10.6. The first-order chi connectivity index (χ1) is 18.9. The smallest absolute Gasteiger partial charge is 0.261 e. The van der Waals surface area contributed by atoms with Crippen LogP contribution in [0.2, 0.25) is 0 Å². The summed E-state index contributed by atoms with van der Waals surface area (Å²) in [6.07, 6.45) is 0.790. The molecular weight excluding hydrogens is 540 g/mol. The van der Waals surface area contributed by atoms with Crippen molar-refractivity contribution in [3.8, 4) is 5.75 Å². The second-order valence-electron chi connectivity index (χ2n) is 9.67. The van der Waals surface area contributed by atoms with Crippen LogP contribution in [-0.4, -0.2) is 44.3 Å². The van der Waals surface area contributed by atoms with Crippen LogP contribution in [0.5, 0.6) is 5.75 Å². The van der Waals surface area contributed by atoms with Gasteiger partial charge in [-0.25, -0.2) is 17.2 Å². The van der Waals surface area contributed by atoms with Gasteiger partial charge in [-0.05, 0) is 85.5 Å². The highest BCUT2D eigenvalue weighted by Crippen LogP contribution is 2.20. The van der Waals surface area contributed by atoms with Gasteiger partial charge in [-0.1, -0.05) is 26.0 Å². The maximum atomic E-state index is 13.4. The number of hydrogen-bond acceptors (Lipinski definition) is 5. The molecule has 0 radical (unpaired) electrons. The van der Waals surface area contributed by atoms with Crippen molar-refractivity contribution in [2.45, 2.75) is 44.7 Å². The van der Waals surface area contributed by atoms with Crippen LogP contribution in [0.1, 0.15) is 32.8 Å². The first-order valence-electron chi connectivity index (χ1n) is 12.8. The van der Waals surface area contributed by atoms with E-state index in [9.17, 15) is 26.8 Å². The standard InChI is InChI=1S/C29H33F2N3O5S/c1-20(2)16-17-32-29(36)21(3)34(18-22-4-6-23(30)7-5-22)28(35)19-39-26-12-14-27(15-13-26)40(37,38)33-25-10-8-24(31)9-11-25/h4-15,20-21,33H,16-19H2,1-3H3,(H,32,36)/t21-/m0/s1. The summed E-state index contributed by atoms with van der Waals surface area (Å²) < 4.78 is 59.7. The Bertz CT molecular complexity index is 1380. The second kappa shape index (κ2) is 13.9. The molecule has 1 atom stereocenters. The number of carbonyl (C=O) groups excluding carboxylic acids is 2. The summed E-state index contributed by atoms with van der Waals surface area (Å²) in [5, 5.41) is 2.84. The van der Waals surface area contributed by atoms with Gasteiger partial charge in [0.05, 0.1) is 4.90 Å². The molecule has 0 heterocycles. The van der Waals surface area contributed by atoms with E-state index in [1.54, 1.807) is 19.1 Å². The van der Waals surface area contributed by atoms with Crippen LogP contribution in [0, 0.1) is 17.6 Å². The van der Waals surface area contributed by atoms with Crippen LogP contribution in [0.3, 0.4) is 0 Å². The Hall–Kier alpha value is -3.99. The molecule has 40 heavy (non-hydrogen) atoms. The Balaban J connectivity index is 1.67. The zero-order valence-electron chi connectivity index (χ0n) is 22.6. The molecule has 0 aromatic heterocycles. The van der Waals surface area contributed by atoms with E-state index in [4.69, 9.17) is 4.74 Å². The molecule has 0 aliphatic carbocycles. The molecule has 3 aromatic carbocycles. The van der Waals surface area contributed by atoms with E-state index in [2.05, 4.69) is 10.0 Å². The average Bonchev–Trinajstić information content (AvgIpc) is 2.92. The molecule has 3 aromatic rings. The predicted molar refractivity (Wildman–Crippen MR) is 148 cm³/mol. The molecule has 214 valence electrons. The Morgan fingerprint density at radius 3 is 2.02 bits per heavy atom. The maximum Gasteiger partial charge on any atom is 0.261 e. The molecule has 0 aliphatic heterocycles. The molecule has 0 saturated heterocycles. The molecule has 0 aliphatic rings. The van der Waals surface area contributed by atoms with Crippen LogP contribution in [0.15, 0.2) is 77.7 Å². The van der Waals surface area contributed by atoms with Gasteiger partial charge in [-0.3, -0.25) is 14.3 Å². The number of hydrogen-bond donors (Lipinski definition) is 2. The van der Waals surface area contributed by atoms with Crippen molar-refractivity contribution in [3.05, 3.63) is 90.0 Å². The topological polar surface area (TPSA) is 105 Å². The lowest BCUT2D eigenvalue weighted by molar-refractivity contribution is -0.142. The summed E-state index contributed by atoms with van der Waals surface area (Å²) in [7, 11) is -3.93. The molecule has 0 saturated carbocycles. The fourth-order valence-electron chi connectivity index (χ4n) is 3.68. The van der Waals surface area contributed by atoms with Crippen molar-refractivity contribution >= 4 is 27.5 Å².